The molecule has 0 aromatic rings. The van der Waals surface area contributed by atoms with E-state index in [9.17, 15) is 28.8 Å². The summed E-state index contributed by atoms with van der Waals surface area (Å²) in [5, 5.41) is -0.213. The number of ketones is 2. The lowest BCUT2D eigenvalue weighted by molar-refractivity contribution is -0.139. The number of likely N-dealkylation sites (tertiary alicyclic amines) is 1. The molecule has 154 valence electrons. The summed E-state index contributed by atoms with van der Waals surface area (Å²) in [5.74, 6) is -0.608. The van der Waals surface area contributed by atoms with E-state index >= 15 is 0 Å². The Labute approximate surface area is 168 Å². The molecule has 0 bridgehead atoms. The van der Waals surface area contributed by atoms with Crippen LogP contribution in [-0.2, 0) is 28.8 Å². The first-order chi connectivity index (χ1) is 13.2. The van der Waals surface area contributed by atoms with E-state index in [1.165, 1.54) is 42.7 Å². The third kappa shape index (κ3) is 7.38. The number of carbonyl (C=O) groups excluding carboxylic acids is 6. The molecule has 1 fully saturated rings. The molecular weight excluding hydrogens is 384 g/mol. The smallest absolute Gasteiger partial charge is 0.253 e. The van der Waals surface area contributed by atoms with Crippen molar-refractivity contribution in [2.75, 3.05) is 19.3 Å². The Bertz CT molecular complexity index is 670. The molecule has 2 heterocycles. The molecule has 1 saturated heterocycles. The molecule has 0 aliphatic carbocycles. The summed E-state index contributed by atoms with van der Waals surface area (Å²) in [6.07, 6.45) is 6.60. The lowest BCUT2D eigenvalue weighted by Crippen LogP contribution is -2.32. The molecule has 0 radical (unpaired) electrons. The van der Waals surface area contributed by atoms with Crippen LogP contribution in [0.25, 0.3) is 0 Å². The van der Waals surface area contributed by atoms with Crippen molar-refractivity contribution < 1.29 is 28.8 Å². The predicted octanol–water partition coefficient (Wildman–Crippen LogP) is 1.13. The van der Waals surface area contributed by atoms with Gasteiger partial charge < -0.3 is 9.59 Å². The maximum Gasteiger partial charge on any atom is 0.253 e. The van der Waals surface area contributed by atoms with Crippen LogP contribution in [0.1, 0.15) is 46.0 Å². The van der Waals surface area contributed by atoms with Gasteiger partial charge in [0.1, 0.15) is 11.6 Å². The van der Waals surface area contributed by atoms with E-state index in [-0.39, 0.29) is 40.4 Å². The number of rotatable bonds is 9. The molecule has 0 aromatic carbocycles. The highest BCUT2D eigenvalue weighted by molar-refractivity contribution is 8.00. The summed E-state index contributed by atoms with van der Waals surface area (Å²) in [6.45, 7) is 3.72. The molecule has 28 heavy (non-hydrogen) atoms. The Morgan fingerprint density at radius 2 is 1.39 bits per heavy atom. The fourth-order valence-electron chi connectivity index (χ4n) is 2.70. The number of hydrogen-bond acceptors (Lipinski definition) is 7. The van der Waals surface area contributed by atoms with Crippen LogP contribution in [0.3, 0.4) is 0 Å². The van der Waals surface area contributed by atoms with Crippen LogP contribution in [0.2, 0.25) is 0 Å². The van der Waals surface area contributed by atoms with Crippen LogP contribution >= 0.6 is 11.8 Å². The molecule has 2 rings (SSSR count). The highest BCUT2D eigenvalue weighted by atomic mass is 32.2. The molecule has 1 unspecified atom stereocenters. The summed E-state index contributed by atoms with van der Waals surface area (Å²) in [7, 11) is 0. The van der Waals surface area contributed by atoms with E-state index in [4.69, 9.17) is 0 Å². The second-order valence-electron chi connectivity index (χ2n) is 6.58. The molecule has 9 heteroatoms. The maximum absolute atomic E-state index is 11.6. The van der Waals surface area contributed by atoms with Gasteiger partial charge in [0, 0.05) is 44.5 Å². The summed E-state index contributed by atoms with van der Waals surface area (Å²) in [4.78, 5) is 68.8. The number of Topliss-reactive ketones (excluding diaryl/α,β-unsaturated/α-hetero) is 2. The predicted molar refractivity (Wildman–Crippen MR) is 104 cm³/mol. The number of carbonyl (C=O) groups is 6. The van der Waals surface area contributed by atoms with Crippen molar-refractivity contribution in [3.8, 4) is 0 Å². The fourth-order valence-corrected chi connectivity index (χ4v) is 3.33. The first-order valence-corrected chi connectivity index (χ1v) is 10.4. The van der Waals surface area contributed by atoms with E-state index in [0.717, 1.165) is 4.90 Å². The fraction of sp³-hybridized carbons (Fsp3) is 0.579. The average Bonchev–Trinajstić information content (AvgIpc) is 3.08. The van der Waals surface area contributed by atoms with Gasteiger partial charge in [-0.25, -0.2) is 0 Å². The number of nitrogens with zero attached hydrogens (tertiary/aromatic N) is 2. The minimum Gasteiger partial charge on any atom is -0.300 e. The van der Waals surface area contributed by atoms with Gasteiger partial charge in [0.2, 0.25) is 11.8 Å². The zero-order valence-electron chi connectivity index (χ0n) is 16.4. The Balaban J connectivity index is 0.000000283. The molecule has 0 aromatic heterocycles. The van der Waals surface area contributed by atoms with Crippen molar-refractivity contribution in [3.05, 3.63) is 12.2 Å². The number of thioether (sulfide) groups is 1. The average molecular weight is 410 g/mol. The third-order valence-corrected chi connectivity index (χ3v) is 5.15. The van der Waals surface area contributed by atoms with E-state index in [0.29, 0.717) is 45.2 Å². The largest absolute Gasteiger partial charge is 0.300 e. The Morgan fingerprint density at radius 1 is 0.929 bits per heavy atom. The molecule has 8 nitrogen and oxygen atoms in total. The SMILES string of the molecule is CC(=O)CCCN1C(=O)C=CC1=O.CSC1CC(=O)N(CCCC(C)=O)C1=O. The van der Waals surface area contributed by atoms with E-state index < -0.39 is 0 Å². The maximum atomic E-state index is 11.6. The number of imide groups is 2. The molecule has 1 atom stereocenters. The van der Waals surface area contributed by atoms with Crippen molar-refractivity contribution in [1.29, 1.82) is 0 Å². The lowest BCUT2D eigenvalue weighted by Gasteiger charge is -2.13. The first kappa shape index (κ1) is 23.7. The van der Waals surface area contributed by atoms with E-state index in [1.807, 2.05) is 6.26 Å². The van der Waals surface area contributed by atoms with Crippen LogP contribution in [0.15, 0.2) is 12.2 Å². The normalized spacial score (nSPS) is 18.6. The van der Waals surface area contributed by atoms with Crippen LogP contribution in [-0.4, -0.2) is 69.6 Å². The Morgan fingerprint density at radius 3 is 1.79 bits per heavy atom. The van der Waals surface area contributed by atoms with Gasteiger partial charge in [0.15, 0.2) is 0 Å². The zero-order chi connectivity index (χ0) is 21.3. The summed E-state index contributed by atoms with van der Waals surface area (Å²) in [6, 6.07) is 0. The molecule has 0 N–H and O–H groups in total. The molecular formula is C19H26N2O6S. The number of amides is 4. The standard InChI is InChI=1S/C10H15NO3S.C9H11NO3/c1-7(12)4-3-5-11-9(13)6-8(15-2)10(11)14;1-7(11)3-2-6-10-8(12)4-5-9(10)13/h8H,3-6H2,1-2H3;4-5H,2-3,6H2,1H3. The third-order valence-electron chi connectivity index (χ3n) is 4.21. The highest BCUT2D eigenvalue weighted by Gasteiger charge is 2.37. The van der Waals surface area contributed by atoms with Crippen molar-refractivity contribution in [1.82, 2.24) is 9.80 Å². The minimum absolute atomic E-state index is 0.0760. The quantitative estimate of drug-likeness (QED) is 0.524. The van der Waals surface area contributed by atoms with E-state index in [1.54, 1.807) is 0 Å². The van der Waals surface area contributed by atoms with Crippen molar-refractivity contribution in [3.63, 3.8) is 0 Å². The highest BCUT2D eigenvalue weighted by Crippen LogP contribution is 2.23. The number of hydrogen-bond donors (Lipinski definition) is 0. The molecule has 0 saturated carbocycles. The molecule has 2 aliphatic rings. The van der Waals surface area contributed by atoms with Crippen molar-refractivity contribution >= 4 is 47.0 Å². The topological polar surface area (TPSA) is 109 Å². The summed E-state index contributed by atoms with van der Waals surface area (Å²) in [5.41, 5.74) is 0. The van der Waals surface area contributed by atoms with Gasteiger partial charge in [0.05, 0.1) is 5.25 Å². The van der Waals surface area contributed by atoms with Gasteiger partial charge in [-0.2, -0.15) is 11.8 Å². The van der Waals surface area contributed by atoms with E-state index in [2.05, 4.69) is 0 Å². The lowest BCUT2D eigenvalue weighted by atomic mass is 10.2. The van der Waals surface area contributed by atoms with Gasteiger partial charge in [-0.1, -0.05) is 0 Å². The van der Waals surface area contributed by atoms with Crippen LogP contribution in [0.4, 0.5) is 0 Å². The van der Waals surface area contributed by atoms with Crippen LogP contribution in [0.5, 0.6) is 0 Å². The summed E-state index contributed by atoms with van der Waals surface area (Å²) < 4.78 is 0. The Hall–Kier alpha value is -2.29. The van der Waals surface area contributed by atoms with Gasteiger partial charge >= 0.3 is 0 Å². The molecule has 4 amide bonds. The summed E-state index contributed by atoms with van der Waals surface area (Å²) >= 11 is 1.41. The van der Waals surface area contributed by atoms with Gasteiger partial charge in [0.25, 0.3) is 11.8 Å². The first-order valence-electron chi connectivity index (χ1n) is 9.06. The van der Waals surface area contributed by atoms with Gasteiger partial charge in [-0.3, -0.25) is 29.0 Å². The van der Waals surface area contributed by atoms with Crippen molar-refractivity contribution in [2.45, 2.75) is 51.2 Å². The van der Waals surface area contributed by atoms with Crippen LogP contribution < -0.4 is 0 Å². The minimum atomic E-state index is -0.284. The van der Waals surface area contributed by atoms with Crippen LogP contribution in [0, 0.1) is 0 Å². The Kier molecular flexibility index (Phi) is 9.78. The monoisotopic (exact) mass is 410 g/mol. The van der Waals surface area contributed by atoms with Gasteiger partial charge in [-0.15, -0.1) is 0 Å². The second-order valence-corrected chi connectivity index (χ2v) is 7.63. The zero-order valence-corrected chi connectivity index (χ0v) is 17.3. The molecule has 0 spiro atoms. The second kappa shape index (κ2) is 11.5. The van der Waals surface area contributed by atoms with Crippen molar-refractivity contribution in [2.24, 2.45) is 0 Å². The van der Waals surface area contributed by atoms with Gasteiger partial charge in [-0.05, 0) is 32.9 Å². The molecule has 2 aliphatic heterocycles.